The third-order valence-electron chi connectivity index (χ3n) is 3.93. The number of nitrogens with zero attached hydrogens (tertiary/aromatic N) is 2. The van der Waals surface area contributed by atoms with Crippen LogP contribution in [0, 0.1) is 5.82 Å². The van der Waals surface area contributed by atoms with Gasteiger partial charge in [0.25, 0.3) is 0 Å². The van der Waals surface area contributed by atoms with Gasteiger partial charge in [-0.05, 0) is 24.6 Å². The van der Waals surface area contributed by atoms with Crippen molar-refractivity contribution in [3.63, 3.8) is 0 Å². The number of benzene rings is 1. The number of nitrogens with two attached hydrogens (primary N) is 1. The average molecular weight is 279 g/mol. The Balaban J connectivity index is 1.90. The van der Waals surface area contributed by atoms with E-state index in [1.54, 1.807) is 0 Å². The van der Waals surface area contributed by atoms with Crippen molar-refractivity contribution in [3.05, 3.63) is 35.6 Å². The Kier molecular flexibility index (Phi) is 5.09. The van der Waals surface area contributed by atoms with E-state index in [1.807, 2.05) is 17.0 Å². The molecule has 4 nitrogen and oxygen atoms in total. The zero-order valence-corrected chi connectivity index (χ0v) is 11.9. The van der Waals surface area contributed by atoms with Crippen molar-refractivity contribution in [3.8, 4) is 0 Å². The van der Waals surface area contributed by atoms with Crippen LogP contribution >= 0.6 is 0 Å². The molecule has 2 rings (SSSR count). The summed E-state index contributed by atoms with van der Waals surface area (Å²) < 4.78 is 12.9. The summed E-state index contributed by atoms with van der Waals surface area (Å²) in [6, 6.07) is 6.87. The zero-order valence-electron chi connectivity index (χ0n) is 11.9. The van der Waals surface area contributed by atoms with Crippen LogP contribution in [0.5, 0.6) is 0 Å². The topological polar surface area (TPSA) is 49.6 Å². The van der Waals surface area contributed by atoms with Crippen molar-refractivity contribution in [1.29, 1.82) is 0 Å². The Labute approximate surface area is 119 Å². The Morgan fingerprint density at radius 3 is 2.40 bits per heavy atom. The molecule has 110 valence electrons. The first-order valence-electron chi connectivity index (χ1n) is 7.09. The van der Waals surface area contributed by atoms with Gasteiger partial charge < -0.3 is 10.6 Å². The smallest absolute Gasteiger partial charge is 0.223 e. The number of carbonyl (C=O) groups is 1. The highest BCUT2D eigenvalue weighted by Crippen LogP contribution is 2.21. The lowest BCUT2D eigenvalue weighted by Gasteiger charge is -2.38. The van der Waals surface area contributed by atoms with Crippen LogP contribution in [0.3, 0.4) is 0 Å². The van der Waals surface area contributed by atoms with E-state index in [1.165, 1.54) is 12.1 Å². The monoisotopic (exact) mass is 279 g/mol. The van der Waals surface area contributed by atoms with E-state index >= 15 is 0 Å². The Hall–Kier alpha value is -1.46. The van der Waals surface area contributed by atoms with Gasteiger partial charge in [-0.1, -0.05) is 12.1 Å². The third-order valence-corrected chi connectivity index (χ3v) is 3.93. The normalized spacial score (nSPS) is 18.1. The van der Waals surface area contributed by atoms with Crippen molar-refractivity contribution in [2.45, 2.75) is 19.4 Å². The number of hydrogen-bond donors (Lipinski definition) is 1. The van der Waals surface area contributed by atoms with E-state index in [2.05, 4.69) is 11.8 Å². The zero-order chi connectivity index (χ0) is 14.5. The fourth-order valence-electron chi connectivity index (χ4n) is 2.59. The maximum Gasteiger partial charge on any atom is 0.223 e. The minimum Gasteiger partial charge on any atom is -0.340 e. The summed E-state index contributed by atoms with van der Waals surface area (Å²) in [4.78, 5) is 16.0. The van der Waals surface area contributed by atoms with Crippen LogP contribution in [0.1, 0.15) is 24.9 Å². The van der Waals surface area contributed by atoms with Crippen molar-refractivity contribution >= 4 is 5.91 Å². The number of amides is 1. The summed E-state index contributed by atoms with van der Waals surface area (Å²) in [6.07, 6.45) is 0.424. The third kappa shape index (κ3) is 3.55. The molecule has 1 aliphatic rings. The predicted molar refractivity (Wildman–Crippen MR) is 76.6 cm³/mol. The first kappa shape index (κ1) is 14.9. The highest BCUT2D eigenvalue weighted by molar-refractivity contribution is 5.76. The molecule has 1 saturated heterocycles. The second-order valence-corrected chi connectivity index (χ2v) is 5.18. The van der Waals surface area contributed by atoms with Gasteiger partial charge in [-0.2, -0.15) is 0 Å². The van der Waals surface area contributed by atoms with Crippen LogP contribution in [0.2, 0.25) is 0 Å². The number of carbonyl (C=O) groups excluding carboxylic acids is 1. The molecule has 5 heteroatoms. The molecule has 20 heavy (non-hydrogen) atoms. The Bertz CT molecular complexity index is 441. The predicted octanol–water partition coefficient (Wildman–Crippen LogP) is 1.38. The number of rotatable bonds is 4. The number of piperazine rings is 1. The van der Waals surface area contributed by atoms with Gasteiger partial charge in [-0.25, -0.2) is 4.39 Å². The van der Waals surface area contributed by atoms with Gasteiger partial charge in [0.1, 0.15) is 5.82 Å². The minimum absolute atomic E-state index is 0.140. The lowest BCUT2D eigenvalue weighted by atomic mass is 10.1. The van der Waals surface area contributed by atoms with Gasteiger partial charge in [0.2, 0.25) is 5.91 Å². The summed E-state index contributed by atoms with van der Waals surface area (Å²) in [6.45, 7) is 5.69. The van der Waals surface area contributed by atoms with E-state index in [-0.39, 0.29) is 17.8 Å². The lowest BCUT2D eigenvalue weighted by molar-refractivity contribution is -0.133. The van der Waals surface area contributed by atoms with Crippen molar-refractivity contribution in [2.75, 3.05) is 32.7 Å². The largest absolute Gasteiger partial charge is 0.340 e. The number of halogens is 1. The molecule has 1 aromatic carbocycles. The molecule has 0 aliphatic carbocycles. The van der Waals surface area contributed by atoms with Crippen LogP contribution < -0.4 is 5.73 Å². The number of hydrogen-bond acceptors (Lipinski definition) is 3. The molecule has 0 aromatic heterocycles. The van der Waals surface area contributed by atoms with Gasteiger partial charge in [-0.3, -0.25) is 9.69 Å². The Morgan fingerprint density at radius 2 is 1.85 bits per heavy atom. The SMILES string of the molecule is CC(c1ccc(F)cc1)N1CCN(C(=O)CCN)CC1. The van der Waals surface area contributed by atoms with Crippen LogP contribution in [0.25, 0.3) is 0 Å². The first-order valence-corrected chi connectivity index (χ1v) is 7.09. The molecule has 0 bridgehead atoms. The highest BCUT2D eigenvalue weighted by Gasteiger charge is 2.24. The van der Waals surface area contributed by atoms with E-state index in [9.17, 15) is 9.18 Å². The van der Waals surface area contributed by atoms with Crippen molar-refractivity contribution in [1.82, 2.24) is 9.80 Å². The Morgan fingerprint density at radius 1 is 1.25 bits per heavy atom. The standard InChI is InChI=1S/C15H22FN3O/c1-12(13-2-4-14(16)5-3-13)18-8-10-19(11-9-18)15(20)6-7-17/h2-5,12H,6-11,17H2,1H3. The molecule has 2 N–H and O–H groups in total. The van der Waals surface area contributed by atoms with Crippen LogP contribution in [0.15, 0.2) is 24.3 Å². The molecular formula is C15H22FN3O. The summed E-state index contributed by atoms with van der Waals surface area (Å²) in [5.74, 6) is -0.0697. The quantitative estimate of drug-likeness (QED) is 0.906. The van der Waals surface area contributed by atoms with Crippen LogP contribution in [-0.2, 0) is 4.79 Å². The molecular weight excluding hydrogens is 257 g/mol. The summed E-state index contributed by atoms with van der Waals surface area (Å²) in [5.41, 5.74) is 6.52. The van der Waals surface area contributed by atoms with E-state index in [4.69, 9.17) is 5.73 Å². The maximum atomic E-state index is 12.9. The molecule has 0 radical (unpaired) electrons. The van der Waals surface area contributed by atoms with E-state index in [0.717, 1.165) is 31.7 Å². The van der Waals surface area contributed by atoms with Gasteiger partial charge >= 0.3 is 0 Å². The summed E-state index contributed by atoms with van der Waals surface area (Å²) in [7, 11) is 0. The van der Waals surface area contributed by atoms with E-state index in [0.29, 0.717) is 13.0 Å². The molecule has 1 amide bonds. The molecule has 0 saturated carbocycles. The minimum atomic E-state index is -0.210. The lowest BCUT2D eigenvalue weighted by Crippen LogP contribution is -2.49. The molecule has 0 spiro atoms. The fourth-order valence-corrected chi connectivity index (χ4v) is 2.59. The van der Waals surface area contributed by atoms with Crippen molar-refractivity contribution in [2.24, 2.45) is 5.73 Å². The summed E-state index contributed by atoms with van der Waals surface area (Å²) in [5, 5.41) is 0. The molecule has 1 aromatic rings. The van der Waals surface area contributed by atoms with Crippen LogP contribution in [0.4, 0.5) is 4.39 Å². The summed E-state index contributed by atoms with van der Waals surface area (Å²) >= 11 is 0. The maximum absolute atomic E-state index is 12.9. The molecule has 1 aliphatic heterocycles. The van der Waals surface area contributed by atoms with Gasteiger partial charge in [0.15, 0.2) is 0 Å². The second-order valence-electron chi connectivity index (χ2n) is 5.18. The highest BCUT2D eigenvalue weighted by atomic mass is 19.1. The molecule has 1 atom stereocenters. The van der Waals surface area contributed by atoms with Gasteiger partial charge in [-0.15, -0.1) is 0 Å². The van der Waals surface area contributed by atoms with Gasteiger partial charge in [0.05, 0.1) is 0 Å². The molecule has 1 unspecified atom stereocenters. The molecule has 1 heterocycles. The fraction of sp³-hybridized carbons (Fsp3) is 0.533. The second kappa shape index (κ2) is 6.81. The van der Waals surface area contributed by atoms with Gasteiger partial charge in [0, 0.05) is 45.2 Å². The van der Waals surface area contributed by atoms with Crippen LogP contribution in [-0.4, -0.2) is 48.4 Å². The van der Waals surface area contributed by atoms with Crippen molar-refractivity contribution < 1.29 is 9.18 Å². The average Bonchev–Trinajstić information content (AvgIpc) is 2.48. The van der Waals surface area contributed by atoms with E-state index < -0.39 is 0 Å². The molecule has 1 fully saturated rings. The first-order chi connectivity index (χ1) is 9.61.